The van der Waals surface area contributed by atoms with Crippen molar-refractivity contribution >= 4 is 33.5 Å². The van der Waals surface area contributed by atoms with Crippen molar-refractivity contribution in [2.75, 3.05) is 11.9 Å². The second-order valence-electron chi connectivity index (χ2n) is 5.79. The van der Waals surface area contributed by atoms with E-state index in [0.717, 1.165) is 15.9 Å². The van der Waals surface area contributed by atoms with E-state index in [1.165, 1.54) is 6.20 Å². The Labute approximate surface area is 165 Å². The molecule has 0 unspecified atom stereocenters. The van der Waals surface area contributed by atoms with E-state index in [2.05, 4.69) is 26.3 Å². The minimum absolute atomic E-state index is 0.295. The highest BCUT2D eigenvalue weighted by molar-refractivity contribution is 9.10. The molecule has 138 valence electrons. The maximum absolute atomic E-state index is 12.7. The summed E-state index contributed by atoms with van der Waals surface area (Å²) in [6.45, 7) is 3.87. The van der Waals surface area contributed by atoms with Crippen LogP contribution in [-0.2, 0) is 4.74 Å². The maximum Gasteiger partial charge on any atom is 0.338 e. The van der Waals surface area contributed by atoms with Crippen LogP contribution in [0.1, 0.15) is 33.3 Å². The van der Waals surface area contributed by atoms with Crippen molar-refractivity contribution in [2.45, 2.75) is 13.8 Å². The van der Waals surface area contributed by atoms with Crippen LogP contribution in [-0.4, -0.2) is 28.3 Å². The lowest BCUT2D eigenvalue weighted by Gasteiger charge is -2.08. The van der Waals surface area contributed by atoms with Crippen LogP contribution >= 0.6 is 15.9 Å². The van der Waals surface area contributed by atoms with Gasteiger partial charge in [-0.25, -0.2) is 9.48 Å². The van der Waals surface area contributed by atoms with Gasteiger partial charge < -0.3 is 10.1 Å². The van der Waals surface area contributed by atoms with Gasteiger partial charge in [0.25, 0.3) is 5.91 Å². The summed E-state index contributed by atoms with van der Waals surface area (Å²) in [5, 5.41) is 7.12. The fourth-order valence-corrected chi connectivity index (χ4v) is 2.88. The van der Waals surface area contributed by atoms with Crippen LogP contribution in [0.15, 0.2) is 59.2 Å². The summed E-state index contributed by atoms with van der Waals surface area (Å²) in [7, 11) is 0. The minimum Gasteiger partial charge on any atom is -0.462 e. The number of halogens is 1. The van der Waals surface area contributed by atoms with Crippen LogP contribution in [0.3, 0.4) is 0 Å². The van der Waals surface area contributed by atoms with Crippen molar-refractivity contribution in [1.29, 1.82) is 0 Å². The highest BCUT2D eigenvalue weighted by Crippen LogP contribution is 2.19. The average molecular weight is 428 g/mol. The molecule has 0 atom stereocenters. The van der Waals surface area contributed by atoms with Gasteiger partial charge in [0.2, 0.25) is 0 Å². The summed E-state index contributed by atoms with van der Waals surface area (Å²) in [6, 6.07) is 14.3. The Morgan fingerprint density at radius 3 is 2.63 bits per heavy atom. The molecule has 0 aliphatic rings. The lowest BCUT2D eigenvalue weighted by atomic mass is 10.2. The number of aromatic nitrogens is 2. The number of hydrogen-bond donors (Lipinski definition) is 1. The van der Waals surface area contributed by atoms with E-state index < -0.39 is 5.97 Å². The molecule has 1 heterocycles. The summed E-state index contributed by atoms with van der Waals surface area (Å²) in [4.78, 5) is 24.5. The summed E-state index contributed by atoms with van der Waals surface area (Å²) in [5.74, 6) is -0.718. The summed E-state index contributed by atoms with van der Waals surface area (Å²) >= 11 is 3.40. The molecule has 1 N–H and O–H groups in total. The first-order valence-corrected chi connectivity index (χ1v) is 9.18. The van der Waals surface area contributed by atoms with E-state index in [1.807, 2.05) is 31.2 Å². The molecule has 2 aromatic carbocycles. The summed E-state index contributed by atoms with van der Waals surface area (Å²) in [6.07, 6.45) is 1.53. The molecule has 0 bridgehead atoms. The van der Waals surface area contributed by atoms with Crippen LogP contribution in [0.25, 0.3) is 5.69 Å². The number of benzene rings is 2. The van der Waals surface area contributed by atoms with Gasteiger partial charge in [-0.15, -0.1) is 0 Å². The van der Waals surface area contributed by atoms with Crippen LogP contribution in [0.5, 0.6) is 0 Å². The Balaban J connectivity index is 1.80. The summed E-state index contributed by atoms with van der Waals surface area (Å²) in [5.41, 5.74) is 2.94. The first-order valence-electron chi connectivity index (χ1n) is 8.38. The predicted molar refractivity (Wildman–Crippen MR) is 106 cm³/mol. The van der Waals surface area contributed by atoms with Crippen molar-refractivity contribution in [2.24, 2.45) is 0 Å². The Bertz CT molecular complexity index is 980. The second-order valence-corrected chi connectivity index (χ2v) is 6.70. The highest BCUT2D eigenvalue weighted by atomic mass is 79.9. The van der Waals surface area contributed by atoms with Crippen molar-refractivity contribution in [3.05, 3.63) is 76.0 Å². The smallest absolute Gasteiger partial charge is 0.338 e. The summed E-state index contributed by atoms with van der Waals surface area (Å²) < 4.78 is 7.66. The third-order valence-electron chi connectivity index (χ3n) is 3.96. The lowest BCUT2D eigenvalue weighted by molar-refractivity contribution is 0.0526. The molecule has 0 aliphatic heterocycles. The van der Waals surface area contributed by atoms with Crippen molar-refractivity contribution in [1.82, 2.24) is 9.78 Å². The lowest BCUT2D eigenvalue weighted by Crippen LogP contribution is -2.14. The first kappa shape index (κ1) is 18.8. The Kier molecular flexibility index (Phi) is 5.71. The van der Waals surface area contributed by atoms with Gasteiger partial charge in [0.1, 0.15) is 0 Å². The molecule has 0 saturated carbocycles. The molecule has 0 spiro atoms. The van der Waals surface area contributed by atoms with E-state index in [9.17, 15) is 9.59 Å². The van der Waals surface area contributed by atoms with E-state index in [-0.39, 0.29) is 5.91 Å². The number of nitrogens with one attached hydrogen (secondary N) is 1. The minimum atomic E-state index is -0.423. The van der Waals surface area contributed by atoms with Crippen molar-refractivity contribution in [3.63, 3.8) is 0 Å². The van der Waals surface area contributed by atoms with Crippen LogP contribution < -0.4 is 5.32 Å². The van der Waals surface area contributed by atoms with Crippen LogP contribution in [0, 0.1) is 6.92 Å². The van der Waals surface area contributed by atoms with Gasteiger partial charge in [-0.1, -0.05) is 22.0 Å². The largest absolute Gasteiger partial charge is 0.462 e. The fourth-order valence-electron chi connectivity index (χ4n) is 2.61. The van der Waals surface area contributed by atoms with Gasteiger partial charge in [-0.05, 0) is 56.3 Å². The first-order chi connectivity index (χ1) is 13.0. The zero-order chi connectivity index (χ0) is 19.4. The number of esters is 1. The third kappa shape index (κ3) is 4.25. The molecular formula is C20H18BrN3O3. The maximum atomic E-state index is 12.7. The van der Waals surface area contributed by atoms with Gasteiger partial charge >= 0.3 is 5.97 Å². The van der Waals surface area contributed by atoms with E-state index in [0.29, 0.717) is 23.4 Å². The third-order valence-corrected chi connectivity index (χ3v) is 4.49. The molecule has 7 heteroatoms. The Morgan fingerprint density at radius 1 is 1.19 bits per heavy atom. The average Bonchev–Trinajstić information content (AvgIpc) is 3.04. The number of rotatable bonds is 5. The highest BCUT2D eigenvalue weighted by Gasteiger charge is 2.16. The Hall–Kier alpha value is -2.93. The van der Waals surface area contributed by atoms with Crippen LogP contribution in [0.2, 0.25) is 0 Å². The molecule has 27 heavy (non-hydrogen) atoms. The normalized spacial score (nSPS) is 10.5. The standard InChI is InChI=1S/C20H18BrN3O3/c1-3-27-20(26)14-5-4-6-16(11-14)23-19(25)18-12-22-24(13(18)2)17-9-7-15(21)8-10-17/h4-12H,3H2,1-2H3,(H,23,25). The molecule has 1 amide bonds. The molecule has 0 aliphatic carbocycles. The molecule has 0 radical (unpaired) electrons. The zero-order valence-corrected chi connectivity index (χ0v) is 16.5. The van der Waals surface area contributed by atoms with Gasteiger partial charge in [0, 0.05) is 10.2 Å². The number of carbonyl (C=O) groups is 2. The number of ether oxygens (including phenoxy) is 1. The monoisotopic (exact) mass is 427 g/mol. The second kappa shape index (κ2) is 8.18. The van der Waals surface area contributed by atoms with E-state index in [1.54, 1.807) is 35.9 Å². The van der Waals surface area contributed by atoms with Gasteiger partial charge in [0.15, 0.2) is 0 Å². The molecule has 3 aromatic rings. The van der Waals surface area contributed by atoms with Gasteiger partial charge in [0.05, 0.1) is 35.3 Å². The van der Waals surface area contributed by atoms with Crippen LogP contribution in [0.4, 0.5) is 5.69 Å². The van der Waals surface area contributed by atoms with Crippen molar-refractivity contribution in [3.8, 4) is 5.69 Å². The number of nitrogens with zero attached hydrogens (tertiary/aromatic N) is 2. The number of hydrogen-bond acceptors (Lipinski definition) is 4. The molecule has 1 aromatic heterocycles. The SMILES string of the molecule is CCOC(=O)c1cccc(NC(=O)c2cnn(-c3ccc(Br)cc3)c2C)c1. The number of amides is 1. The number of carbonyl (C=O) groups excluding carboxylic acids is 2. The topological polar surface area (TPSA) is 73.2 Å². The molecule has 6 nitrogen and oxygen atoms in total. The number of anilines is 1. The van der Waals surface area contributed by atoms with Crippen molar-refractivity contribution < 1.29 is 14.3 Å². The molecule has 3 rings (SSSR count). The van der Waals surface area contributed by atoms with Gasteiger partial charge in [-0.3, -0.25) is 4.79 Å². The zero-order valence-electron chi connectivity index (χ0n) is 14.9. The molecule has 0 fully saturated rings. The van der Waals surface area contributed by atoms with E-state index in [4.69, 9.17) is 4.74 Å². The molecular weight excluding hydrogens is 410 g/mol. The van der Waals surface area contributed by atoms with E-state index >= 15 is 0 Å². The Morgan fingerprint density at radius 2 is 1.93 bits per heavy atom. The van der Waals surface area contributed by atoms with Gasteiger partial charge in [-0.2, -0.15) is 5.10 Å². The molecule has 0 saturated heterocycles. The predicted octanol–water partition coefficient (Wildman–Crippen LogP) is 4.37. The quantitative estimate of drug-likeness (QED) is 0.613. The fraction of sp³-hybridized carbons (Fsp3) is 0.150.